The third-order valence-corrected chi connectivity index (χ3v) is 4.50. The van der Waals surface area contributed by atoms with Gasteiger partial charge in [0, 0.05) is 11.1 Å². The zero-order chi connectivity index (χ0) is 18.8. The summed E-state index contributed by atoms with van der Waals surface area (Å²) >= 11 is 0. The largest absolute Gasteiger partial charge is 0.497 e. The summed E-state index contributed by atoms with van der Waals surface area (Å²) in [6.45, 7) is 0.267. The van der Waals surface area contributed by atoms with Gasteiger partial charge in [0.05, 0.1) is 19.3 Å². The van der Waals surface area contributed by atoms with Gasteiger partial charge in [-0.15, -0.1) is 0 Å². The lowest BCUT2D eigenvalue weighted by Crippen LogP contribution is -2.25. The lowest BCUT2D eigenvalue weighted by atomic mass is 10.0. The van der Waals surface area contributed by atoms with E-state index in [4.69, 9.17) is 9.15 Å². The van der Waals surface area contributed by atoms with E-state index < -0.39 is 0 Å². The molecule has 0 bridgehead atoms. The first-order valence-corrected chi connectivity index (χ1v) is 8.50. The Morgan fingerprint density at radius 1 is 1.04 bits per heavy atom. The summed E-state index contributed by atoms with van der Waals surface area (Å²) in [5, 5.41) is 0. The van der Waals surface area contributed by atoms with Gasteiger partial charge in [0.2, 0.25) is 0 Å². The molecule has 5 heteroatoms. The number of carbonyl (C=O) groups is 2. The lowest BCUT2D eigenvalue weighted by Gasteiger charge is -2.15. The van der Waals surface area contributed by atoms with Crippen molar-refractivity contribution in [2.24, 2.45) is 0 Å². The van der Waals surface area contributed by atoms with Crippen LogP contribution in [0.2, 0.25) is 0 Å². The predicted octanol–water partition coefficient (Wildman–Crippen LogP) is 4.19. The number of anilines is 1. The summed E-state index contributed by atoms with van der Waals surface area (Å²) in [6, 6.07) is 18.5. The summed E-state index contributed by atoms with van der Waals surface area (Å²) < 4.78 is 10.6. The fourth-order valence-electron chi connectivity index (χ4n) is 3.17. The van der Waals surface area contributed by atoms with E-state index in [-0.39, 0.29) is 18.2 Å². The Bertz CT molecular complexity index is 1030. The van der Waals surface area contributed by atoms with Gasteiger partial charge >= 0.3 is 0 Å². The minimum atomic E-state index is -0.101. The predicted molar refractivity (Wildman–Crippen MR) is 103 cm³/mol. The van der Waals surface area contributed by atoms with Crippen molar-refractivity contribution in [3.8, 4) is 5.75 Å². The van der Waals surface area contributed by atoms with Crippen molar-refractivity contribution in [3.63, 3.8) is 0 Å². The van der Waals surface area contributed by atoms with Crippen molar-refractivity contribution in [1.82, 2.24) is 0 Å². The maximum absolute atomic E-state index is 13.1. The highest BCUT2D eigenvalue weighted by molar-refractivity contribution is 6.35. The third kappa shape index (κ3) is 3.15. The number of hydrogen-bond donors (Lipinski definition) is 0. The van der Waals surface area contributed by atoms with Crippen LogP contribution >= 0.6 is 0 Å². The number of furan rings is 1. The van der Waals surface area contributed by atoms with Gasteiger partial charge in [-0.25, -0.2) is 0 Å². The highest BCUT2D eigenvalue weighted by Gasteiger charge is 2.32. The quantitative estimate of drug-likeness (QED) is 0.506. The maximum Gasteiger partial charge on any atom is 0.259 e. The van der Waals surface area contributed by atoms with E-state index in [1.807, 2.05) is 54.6 Å². The average Bonchev–Trinajstić information content (AvgIpc) is 3.27. The summed E-state index contributed by atoms with van der Waals surface area (Å²) in [6.07, 6.45) is 2.53. The van der Waals surface area contributed by atoms with Crippen LogP contribution < -0.4 is 9.64 Å². The van der Waals surface area contributed by atoms with E-state index in [0.717, 1.165) is 22.6 Å². The van der Waals surface area contributed by atoms with Crippen molar-refractivity contribution in [2.45, 2.75) is 6.54 Å². The molecule has 5 nitrogen and oxygen atoms in total. The molecule has 0 saturated carbocycles. The molecule has 1 aliphatic rings. The van der Waals surface area contributed by atoms with Crippen LogP contribution in [0.15, 0.2) is 65.1 Å². The zero-order valence-corrected chi connectivity index (χ0v) is 14.7. The molecule has 134 valence electrons. The SMILES string of the molecule is COc1ccc(C=C2C(=O)N(Cc3ccc(C=O)o3)c3ccccc32)cc1. The Hall–Kier alpha value is -3.60. The van der Waals surface area contributed by atoms with Gasteiger partial charge in [0.15, 0.2) is 12.0 Å². The second kappa shape index (κ2) is 6.96. The molecule has 1 aliphatic heterocycles. The molecule has 27 heavy (non-hydrogen) atoms. The van der Waals surface area contributed by atoms with Gasteiger partial charge in [-0.2, -0.15) is 0 Å². The minimum Gasteiger partial charge on any atom is -0.497 e. The molecule has 0 saturated heterocycles. The Morgan fingerprint density at radius 2 is 1.81 bits per heavy atom. The summed E-state index contributed by atoms with van der Waals surface area (Å²) in [5.74, 6) is 1.47. The molecule has 0 radical (unpaired) electrons. The smallest absolute Gasteiger partial charge is 0.259 e. The molecule has 0 aliphatic carbocycles. The van der Waals surface area contributed by atoms with Crippen molar-refractivity contribution in [3.05, 3.63) is 83.3 Å². The Labute approximate surface area is 156 Å². The van der Waals surface area contributed by atoms with Crippen molar-refractivity contribution in [2.75, 3.05) is 12.0 Å². The number of nitrogens with zero attached hydrogens (tertiary/aromatic N) is 1. The van der Waals surface area contributed by atoms with E-state index in [1.54, 1.807) is 24.1 Å². The number of benzene rings is 2. The molecule has 0 spiro atoms. The highest BCUT2D eigenvalue weighted by atomic mass is 16.5. The standard InChI is InChI=1S/C22H17NO4/c1-26-16-8-6-15(7-9-16)12-20-19-4-2-3-5-21(19)23(22(20)25)13-17-10-11-18(14-24)27-17/h2-12,14H,13H2,1H3. The number of ether oxygens (including phenoxy) is 1. The summed E-state index contributed by atoms with van der Waals surface area (Å²) in [7, 11) is 1.62. The van der Waals surface area contributed by atoms with Crippen molar-refractivity contribution in [1.29, 1.82) is 0 Å². The first-order valence-electron chi connectivity index (χ1n) is 8.50. The van der Waals surface area contributed by atoms with Crippen LogP contribution in [0.4, 0.5) is 5.69 Å². The molecule has 2 heterocycles. The number of rotatable bonds is 5. The molecule has 0 unspecified atom stereocenters. The van der Waals surface area contributed by atoms with E-state index in [2.05, 4.69) is 0 Å². The number of aldehydes is 1. The Kier molecular flexibility index (Phi) is 4.34. The molecule has 1 aromatic heterocycles. The third-order valence-electron chi connectivity index (χ3n) is 4.50. The molecule has 2 aromatic carbocycles. The molecule has 3 aromatic rings. The highest BCUT2D eigenvalue weighted by Crippen LogP contribution is 2.38. The number of para-hydroxylation sites is 1. The Morgan fingerprint density at radius 3 is 2.52 bits per heavy atom. The number of carbonyl (C=O) groups excluding carboxylic acids is 2. The van der Waals surface area contributed by atoms with Gasteiger partial charge in [0.1, 0.15) is 11.5 Å². The van der Waals surface area contributed by atoms with Crippen LogP contribution in [0.25, 0.3) is 11.6 Å². The van der Waals surface area contributed by atoms with E-state index in [9.17, 15) is 9.59 Å². The normalized spacial score (nSPS) is 14.5. The van der Waals surface area contributed by atoms with Gasteiger partial charge in [-0.05, 0) is 42.0 Å². The number of hydrogen-bond acceptors (Lipinski definition) is 4. The first-order chi connectivity index (χ1) is 13.2. The van der Waals surface area contributed by atoms with Gasteiger partial charge in [-0.1, -0.05) is 30.3 Å². The average molecular weight is 359 g/mol. The first kappa shape index (κ1) is 16.8. The minimum absolute atomic E-state index is 0.101. The Balaban J connectivity index is 1.70. The van der Waals surface area contributed by atoms with Crippen LogP contribution in [0.5, 0.6) is 5.75 Å². The maximum atomic E-state index is 13.1. The van der Waals surface area contributed by atoms with Crippen LogP contribution in [0.3, 0.4) is 0 Å². The fraction of sp³-hybridized carbons (Fsp3) is 0.0909. The molecule has 0 atom stereocenters. The molecule has 1 amide bonds. The second-order valence-corrected chi connectivity index (χ2v) is 6.16. The second-order valence-electron chi connectivity index (χ2n) is 6.16. The molecular weight excluding hydrogens is 342 g/mol. The van der Waals surface area contributed by atoms with E-state index in [1.165, 1.54) is 0 Å². The summed E-state index contributed by atoms with van der Waals surface area (Å²) in [5.41, 5.74) is 3.24. The van der Waals surface area contributed by atoms with Crippen LogP contribution in [0, 0.1) is 0 Å². The van der Waals surface area contributed by atoms with Crippen LogP contribution in [0.1, 0.15) is 27.4 Å². The number of amides is 1. The van der Waals surface area contributed by atoms with Crippen LogP contribution in [-0.4, -0.2) is 19.3 Å². The van der Waals surface area contributed by atoms with E-state index in [0.29, 0.717) is 17.6 Å². The molecule has 0 N–H and O–H groups in total. The van der Waals surface area contributed by atoms with E-state index >= 15 is 0 Å². The summed E-state index contributed by atoms with van der Waals surface area (Å²) in [4.78, 5) is 25.6. The fourth-order valence-corrected chi connectivity index (χ4v) is 3.17. The van der Waals surface area contributed by atoms with Gasteiger partial charge in [0.25, 0.3) is 5.91 Å². The van der Waals surface area contributed by atoms with Crippen molar-refractivity contribution < 1.29 is 18.7 Å². The number of methoxy groups -OCH3 is 1. The monoisotopic (exact) mass is 359 g/mol. The van der Waals surface area contributed by atoms with Gasteiger partial charge in [-0.3, -0.25) is 9.59 Å². The number of fused-ring (bicyclic) bond motifs is 1. The topological polar surface area (TPSA) is 59.8 Å². The van der Waals surface area contributed by atoms with Gasteiger partial charge < -0.3 is 14.1 Å². The molecule has 0 fully saturated rings. The molecule has 4 rings (SSSR count). The lowest BCUT2D eigenvalue weighted by molar-refractivity contribution is -0.113. The zero-order valence-electron chi connectivity index (χ0n) is 14.7. The van der Waals surface area contributed by atoms with Crippen molar-refractivity contribution >= 4 is 29.5 Å². The molecular formula is C22H17NO4. The van der Waals surface area contributed by atoms with Crippen LogP contribution in [-0.2, 0) is 11.3 Å².